The van der Waals surface area contributed by atoms with Crippen molar-refractivity contribution in [2.75, 3.05) is 0 Å². The molecule has 0 unspecified atom stereocenters. The summed E-state index contributed by atoms with van der Waals surface area (Å²) < 4.78 is 0. The molecule has 0 aliphatic heterocycles. The molecule has 0 fully saturated rings. The van der Waals surface area contributed by atoms with E-state index in [2.05, 4.69) is 5.32 Å². The molecule has 5 nitrogen and oxygen atoms in total. The minimum absolute atomic E-state index is 0.203. The summed E-state index contributed by atoms with van der Waals surface area (Å²) in [6.45, 7) is 1.70. The van der Waals surface area contributed by atoms with Crippen molar-refractivity contribution in [1.29, 1.82) is 0 Å². The van der Waals surface area contributed by atoms with Crippen LogP contribution in [0.4, 0.5) is 0 Å². The van der Waals surface area contributed by atoms with Crippen LogP contribution in [0, 0.1) is 0 Å². The summed E-state index contributed by atoms with van der Waals surface area (Å²) in [5.41, 5.74) is 2.76. The number of benzene rings is 2. The number of carboxylic acids is 2. The van der Waals surface area contributed by atoms with Gasteiger partial charge < -0.3 is 10.2 Å². The Morgan fingerprint density at radius 2 is 1.64 bits per heavy atom. The third-order valence-corrected chi connectivity index (χ3v) is 4.19. The molecule has 3 N–H and O–H groups in total. The average molecular weight is 362 g/mol. The molecule has 25 heavy (non-hydrogen) atoms. The van der Waals surface area contributed by atoms with E-state index >= 15 is 0 Å². The van der Waals surface area contributed by atoms with E-state index in [0.29, 0.717) is 11.4 Å². The maximum Gasteiger partial charge on any atom is 0.321 e. The molecule has 0 aromatic heterocycles. The number of hydrogen-bond donors (Lipinski definition) is 3. The first-order chi connectivity index (χ1) is 11.9. The monoisotopic (exact) mass is 361 g/mol. The van der Waals surface area contributed by atoms with E-state index in [-0.39, 0.29) is 6.42 Å². The minimum Gasteiger partial charge on any atom is -0.480 e. The lowest BCUT2D eigenvalue weighted by Gasteiger charge is -2.19. The summed E-state index contributed by atoms with van der Waals surface area (Å²) in [6.07, 6.45) is 0.516. The van der Waals surface area contributed by atoms with Gasteiger partial charge in [0, 0.05) is 5.02 Å². The van der Waals surface area contributed by atoms with Crippen molar-refractivity contribution in [3.8, 4) is 11.1 Å². The van der Waals surface area contributed by atoms with Crippen LogP contribution in [0.5, 0.6) is 0 Å². The van der Waals surface area contributed by atoms with Crippen molar-refractivity contribution < 1.29 is 19.8 Å². The minimum atomic E-state index is -1.07. The maximum atomic E-state index is 11.4. The van der Waals surface area contributed by atoms with Crippen LogP contribution in [-0.4, -0.2) is 34.2 Å². The molecule has 2 aromatic rings. The fraction of sp³-hybridized carbons (Fsp3) is 0.263. The number of halogens is 1. The van der Waals surface area contributed by atoms with Gasteiger partial charge in [-0.15, -0.1) is 0 Å². The Balaban J connectivity index is 2.12. The molecular weight excluding hydrogens is 342 g/mol. The Labute approximate surface area is 151 Å². The van der Waals surface area contributed by atoms with Crippen molar-refractivity contribution in [2.45, 2.75) is 31.8 Å². The summed E-state index contributed by atoms with van der Waals surface area (Å²) in [7, 11) is 0. The van der Waals surface area contributed by atoms with Crippen LogP contribution < -0.4 is 5.32 Å². The van der Waals surface area contributed by atoms with Crippen molar-refractivity contribution >= 4 is 23.5 Å². The van der Waals surface area contributed by atoms with Crippen molar-refractivity contribution in [2.24, 2.45) is 0 Å². The first kappa shape index (κ1) is 19.0. The lowest BCUT2D eigenvalue weighted by atomic mass is 10.00. The SMILES string of the molecule is CC[C@H](N[C@@H](Cc1ccc(-c2cccc(Cl)c2)cc1)C(=O)O)C(=O)O. The average Bonchev–Trinajstić information content (AvgIpc) is 2.58. The number of aliphatic carboxylic acids is 2. The zero-order valence-corrected chi connectivity index (χ0v) is 14.5. The molecule has 132 valence electrons. The van der Waals surface area contributed by atoms with Crippen LogP contribution in [0.2, 0.25) is 5.02 Å². The summed E-state index contributed by atoms with van der Waals surface area (Å²) >= 11 is 6.00. The lowest BCUT2D eigenvalue weighted by molar-refractivity contribution is -0.142. The van der Waals surface area contributed by atoms with E-state index in [9.17, 15) is 14.7 Å². The molecule has 0 aliphatic rings. The third kappa shape index (κ3) is 5.31. The Morgan fingerprint density at radius 1 is 1.00 bits per heavy atom. The molecule has 2 atom stereocenters. The molecule has 2 aromatic carbocycles. The topological polar surface area (TPSA) is 86.6 Å². The van der Waals surface area contributed by atoms with Gasteiger partial charge in [-0.2, -0.15) is 0 Å². The highest BCUT2D eigenvalue weighted by molar-refractivity contribution is 6.30. The second-order valence-corrected chi connectivity index (χ2v) is 6.20. The summed E-state index contributed by atoms with van der Waals surface area (Å²) in [6, 6.07) is 13.1. The lowest BCUT2D eigenvalue weighted by Crippen LogP contribution is -2.47. The highest BCUT2D eigenvalue weighted by Crippen LogP contribution is 2.23. The van der Waals surface area contributed by atoms with Gasteiger partial charge in [-0.3, -0.25) is 14.9 Å². The van der Waals surface area contributed by atoms with Gasteiger partial charge in [-0.05, 0) is 41.7 Å². The van der Waals surface area contributed by atoms with Crippen molar-refractivity contribution in [3.63, 3.8) is 0 Å². The van der Waals surface area contributed by atoms with Gasteiger partial charge in [0.1, 0.15) is 12.1 Å². The van der Waals surface area contributed by atoms with E-state index in [4.69, 9.17) is 16.7 Å². The Kier molecular flexibility index (Phi) is 6.56. The van der Waals surface area contributed by atoms with Gasteiger partial charge in [0.15, 0.2) is 0 Å². The zero-order chi connectivity index (χ0) is 18.4. The predicted molar refractivity (Wildman–Crippen MR) is 96.9 cm³/mol. The number of nitrogens with one attached hydrogen (secondary N) is 1. The first-order valence-corrected chi connectivity index (χ1v) is 8.35. The van der Waals surface area contributed by atoms with E-state index in [1.54, 1.807) is 13.0 Å². The van der Waals surface area contributed by atoms with Crippen LogP contribution in [0.3, 0.4) is 0 Å². The fourth-order valence-electron chi connectivity index (χ4n) is 2.56. The molecule has 0 aliphatic carbocycles. The molecule has 0 spiro atoms. The van der Waals surface area contributed by atoms with Gasteiger partial charge >= 0.3 is 11.9 Å². The van der Waals surface area contributed by atoms with Crippen molar-refractivity contribution in [3.05, 3.63) is 59.1 Å². The Morgan fingerprint density at radius 3 is 2.16 bits per heavy atom. The predicted octanol–water partition coefficient (Wildman–Crippen LogP) is 3.46. The number of hydrogen-bond acceptors (Lipinski definition) is 3. The zero-order valence-electron chi connectivity index (χ0n) is 13.8. The standard InChI is InChI=1S/C19H20ClNO4/c1-2-16(18(22)23)21-17(19(24)25)10-12-6-8-13(9-7-12)14-4-3-5-15(20)11-14/h3-9,11,16-17,21H,2,10H2,1H3,(H,22,23)(H,24,25)/t16-,17-/m0/s1. The third-order valence-electron chi connectivity index (χ3n) is 3.96. The van der Waals surface area contributed by atoms with Gasteiger partial charge in [0.2, 0.25) is 0 Å². The molecule has 2 rings (SSSR count). The van der Waals surface area contributed by atoms with Gasteiger partial charge in [0.25, 0.3) is 0 Å². The maximum absolute atomic E-state index is 11.4. The molecule has 0 heterocycles. The summed E-state index contributed by atoms with van der Waals surface area (Å²) in [5.74, 6) is -2.12. The van der Waals surface area contributed by atoms with Crippen LogP contribution in [0.1, 0.15) is 18.9 Å². The second kappa shape index (κ2) is 8.65. The summed E-state index contributed by atoms with van der Waals surface area (Å²) in [4.78, 5) is 22.5. The Bertz CT molecular complexity index is 745. The van der Waals surface area contributed by atoms with Gasteiger partial charge in [-0.1, -0.05) is 54.9 Å². The molecule has 6 heteroatoms. The smallest absolute Gasteiger partial charge is 0.321 e. The number of carboxylic acid groups (broad SMARTS) is 2. The van der Waals surface area contributed by atoms with Crippen LogP contribution in [-0.2, 0) is 16.0 Å². The quantitative estimate of drug-likeness (QED) is 0.670. The van der Waals surface area contributed by atoms with Gasteiger partial charge in [-0.25, -0.2) is 0 Å². The molecule has 0 bridgehead atoms. The van der Waals surface area contributed by atoms with E-state index < -0.39 is 24.0 Å². The van der Waals surface area contributed by atoms with E-state index in [1.165, 1.54) is 0 Å². The molecular formula is C19H20ClNO4. The highest BCUT2D eigenvalue weighted by atomic mass is 35.5. The van der Waals surface area contributed by atoms with Gasteiger partial charge in [0.05, 0.1) is 0 Å². The molecule has 0 radical (unpaired) electrons. The normalized spacial score (nSPS) is 13.2. The second-order valence-electron chi connectivity index (χ2n) is 5.77. The van der Waals surface area contributed by atoms with Crippen LogP contribution >= 0.6 is 11.6 Å². The number of carbonyl (C=O) groups is 2. The largest absolute Gasteiger partial charge is 0.480 e. The molecule has 0 saturated heterocycles. The Hall–Kier alpha value is -2.37. The van der Waals surface area contributed by atoms with E-state index in [1.807, 2.05) is 42.5 Å². The molecule has 0 amide bonds. The summed E-state index contributed by atoms with van der Waals surface area (Å²) in [5, 5.41) is 21.8. The fourth-order valence-corrected chi connectivity index (χ4v) is 2.75. The van der Waals surface area contributed by atoms with Crippen LogP contribution in [0.15, 0.2) is 48.5 Å². The highest BCUT2D eigenvalue weighted by Gasteiger charge is 2.24. The van der Waals surface area contributed by atoms with Crippen LogP contribution in [0.25, 0.3) is 11.1 Å². The first-order valence-electron chi connectivity index (χ1n) is 7.97. The van der Waals surface area contributed by atoms with E-state index in [0.717, 1.165) is 16.7 Å². The molecule has 0 saturated carbocycles. The number of rotatable bonds is 8. The van der Waals surface area contributed by atoms with Crippen molar-refractivity contribution in [1.82, 2.24) is 5.32 Å².